The minimum absolute atomic E-state index is 0.0531. The quantitative estimate of drug-likeness (QED) is 0.465. The van der Waals surface area contributed by atoms with Crippen LogP contribution in [-0.4, -0.2) is 32.9 Å². The van der Waals surface area contributed by atoms with Crippen LogP contribution in [0, 0.1) is 18.6 Å². The smallest absolute Gasteiger partial charge is 0.254 e. The van der Waals surface area contributed by atoms with Gasteiger partial charge in [0, 0.05) is 52.8 Å². The van der Waals surface area contributed by atoms with Gasteiger partial charge < -0.3 is 15.0 Å². The molecule has 0 spiro atoms. The molecule has 8 heteroatoms. The predicted molar refractivity (Wildman–Crippen MR) is 131 cm³/mol. The van der Waals surface area contributed by atoms with Gasteiger partial charge in [0.2, 0.25) is 0 Å². The van der Waals surface area contributed by atoms with Crippen molar-refractivity contribution >= 4 is 11.7 Å². The number of carbonyl (C=O) groups is 1. The first-order valence-corrected chi connectivity index (χ1v) is 11.7. The zero-order chi connectivity index (χ0) is 25.5. The van der Waals surface area contributed by atoms with Gasteiger partial charge in [-0.15, -0.1) is 0 Å². The van der Waals surface area contributed by atoms with Crippen LogP contribution in [0.5, 0.6) is 5.75 Å². The third kappa shape index (κ3) is 5.11. The van der Waals surface area contributed by atoms with Crippen molar-refractivity contribution in [1.82, 2.24) is 14.9 Å². The van der Waals surface area contributed by atoms with Crippen molar-refractivity contribution in [1.29, 1.82) is 0 Å². The molecule has 0 fully saturated rings. The largest absolute Gasteiger partial charge is 0.488 e. The molecule has 0 aliphatic carbocycles. The molecule has 0 saturated carbocycles. The molecule has 0 saturated heterocycles. The fraction of sp³-hybridized carbons (Fsp3) is 0.370. The molecule has 1 aromatic carbocycles. The lowest BCUT2D eigenvalue weighted by Gasteiger charge is -2.22. The van der Waals surface area contributed by atoms with Crippen LogP contribution in [0.15, 0.2) is 36.5 Å². The standard InChI is InChI=1S/C27H30F2N4O2/c1-7-33-14-21-18(26(33)34)8-9-30-25(21)32-16(3)19-12-23(29)20(13-22(19)28)24-11-17(10-15(2)31-24)35-27(4,5)6/h8-13,16H,7,14H2,1-6H3,(H,30,32)/t16-/m0/s1. The van der Waals surface area contributed by atoms with E-state index in [4.69, 9.17) is 4.74 Å². The van der Waals surface area contributed by atoms with E-state index in [0.717, 1.165) is 11.6 Å². The molecule has 1 atom stereocenters. The number of carbonyl (C=O) groups excluding carboxylic acids is 1. The van der Waals surface area contributed by atoms with Crippen molar-refractivity contribution in [2.24, 2.45) is 0 Å². The second-order valence-electron chi connectivity index (χ2n) is 9.77. The van der Waals surface area contributed by atoms with Crippen molar-refractivity contribution in [3.05, 3.63) is 70.5 Å². The lowest BCUT2D eigenvalue weighted by molar-refractivity contribution is 0.0787. The number of ether oxygens (including phenoxy) is 1. The van der Waals surface area contributed by atoms with E-state index in [9.17, 15) is 4.79 Å². The zero-order valence-corrected chi connectivity index (χ0v) is 20.9. The number of halogens is 2. The van der Waals surface area contributed by atoms with E-state index in [-0.39, 0.29) is 17.0 Å². The van der Waals surface area contributed by atoms with Gasteiger partial charge in [-0.25, -0.2) is 13.8 Å². The Balaban J connectivity index is 1.63. The summed E-state index contributed by atoms with van der Waals surface area (Å²) in [5.74, 6) is -0.177. The molecule has 1 aliphatic rings. The number of pyridine rings is 2. The highest BCUT2D eigenvalue weighted by atomic mass is 19.1. The SMILES string of the molecule is CCN1Cc2c(ccnc2N[C@@H](C)c2cc(F)c(-c3cc(OC(C)(C)C)cc(C)n3)cc2F)C1=O. The summed E-state index contributed by atoms with van der Waals surface area (Å²) in [7, 11) is 0. The third-order valence-electron chi connectivity index (χ3n) is 5.84. The van der Waals surface area contributed by atoms with Gasteiger partial charge in [0.15, 0.2) is 0 Å². The van der Waals surface area contributed by atoms with Crippen LogP contribution in [0.4, 0.5) is 14.6 Å². The van der Waals surface area contributed by atoms with Crippen LogP contribution < -0.4 is 10.1 Å². The summed E-state index contributed by atoms with van der Waals surface area (Å²) in [5, 5.41) is 3.16. The predicted octanol–water partition coefficient (Wildman–Crippen LogP) is 6.06. The average molecular weight is 481 g/mol. The Labute approximate surface area is 204 Å². The molecule has 1 aliphatic heterocycles. The lowest BCUT2D eigenvalue weighted by atomic mass is 10.0. The minimum atomic E-state index is -0.589. The van der Waals surface area contributed by atoms with Crippen molar-refractivity contribution in [3.8, 4) is 17.0 Å². The number of hydrogen-bond acceptors (Lipinski definition) is 5. The molecular weight excluding hydrogens is 450 g/mol. The van der Waals surface area contributed by atoms with E-state index in [1.807, 2.05) is 27.7 Å². The summed E-state index contributed by atoms with van der Waals surface area (Å²) in [4.78, 5) is 22.9. The normalized spacial score (nSPS) is 14.2. The number of anilines is 1. The maximum Gasteiger partial charge on any atom is 0.254 e. The molecular formula is C27H30F2N4O2. The van der Waals surface area contributed by atoms with E-state index in [1.165, 1.54) is 6.07 Å². The van der Waals surface area contributed by atoms with E-state index < -0.39 is 23.3 Å². The van der Waals surface area contributed by atoms with Gasteiger partial charge in [-0.2, -0.15) is 0 Å². The maximum absolute atomic E-state index is 15.2. The van der Waals surface area contributed by atoms with Gasteiger partial charge in [-0.1, -0.05) is 0 Å². The van der Waals surface area contributed by atoms with E-state index in [2.05, 4.69) is 15.3 Å². The Hall–Kier alpha value is -3.55. The lowest BCUT2D eigenvalue weighted by Crippen LogP contribution is -2.23. The van der Waals surface area contributed by atoms with E-state index in [0.29, 0.717) is 41.6 Å². The summed E-state index contributed by atoms with van der Waals surface area (Å²) in [6.45, 7) is 12.2. The first-order valence-electron chi connectivity index (χ1n) is 11.7. The molecule has 0 unspecified atom stereocenters. The second kappa shape index (κ2) is 9.24. The number of nitrogens with one attached hydrogen (secondary N) is 1. The highest BCUT2D eigenvalue weighted by Gasteiger charge is 2.29. The summed E-state index contributed by atoms with van der Waals surface area (Å²) in [6.07, 6.45) is 1.55. The van der Waals surface area contributed by atoms with Gasteiger partial charge >= 0.3 is 0 Å². The zero-order valence-electron chi connectivity index (χ0n) is 20.9. The molecule has 4 rings (SSSR count). The first kappa shape index (κ1) is 24.6. The molecule has 6 nitrogen and oxygen atoms in total. The minimum Gasteiger partial charge on any atom is -0.488 e. The van der Waals surface area contributed by atoms with Crippen molar-refractivity contribution < 1.29 is 18.3 Å². The Bertz CT molecular complexity index is 1290. The molecule has 2 aromatic heterocycles. The van der Waals surface area contributed by atoms with E-state index >= 15 is 8.78 Å². The number of amides is 1. The molecule has 184 valence electrons. The van der Waals surface area contributed by atoms with Crippen molar-refractivity contribution in [3.63, 3.8) is 0 Å². The summed E-state index contributed by atoms with van der Waals surface area (Å²) >= 11 is 0. The van der Waals surface area contributed by atoms with Crippen LogP contribution >= 0.6 is 0 Å². The Morgan fingerprint density at radius 2 is 1.89 bits per heavy atom. The summed E-state index contributed by atoms with van der Waals surface area (Å²) in [5.41, 5.74) is 2.06. The fourth-order valence-corrected chi connectivity index (χ4v) is 4.23. The number of hydrogen-bond donors (Lipinski definition) is 1. The maximum atomic E-state index is 15.2. The fourth-order valence-electron chi connectivity index (χ4n) is 4.23. The highest BCUT2D eigenvalue weighted by molar-refractivity contribution is 5.99. The van der Waals surface area contributed by atoms with Crippen LogP contribution in [0.1, 0.15) is 67.8 Å². The molecule has 0 bridgehead atoms. The van der Waals surface area contributed by atoms with Gasteiger partial charge in [-0.05, 0) is 59.7 Å². The molecule has 3 heterocycles. The van der Waals surface area contributed by atoms with Crippen LogP contribution in [0.3, 0.4) is 0 Å². The van der Waals surface area contributed by atoms with Crippen molar-refractivity contribution in [2.75, 3.05) is 11.9 Å². The van der Waals surface area contributed by atoms with Gasteiger partial charge in [0.05, 0.1) is 18.3 Å². The molecule has 0 radical (unpaired) electrons. The molecule has 35 heavy (non-hydrogen) atoms. The first-order chi connectivity index (χ1) is 16.5. The van der Waals surface area contributed by atoms with Gasteiger partial charge in [-0.3, -0.25) is 9.78 Å². The Morgan fingerprint density at radius 3 is 2.57 bits per heavy atom. The Kier molecular flexibility index (Phi) is 6.49. The molecule has 1 N–H and O–H groups in total. The second-order valence-corrected chi connectivity index (χ2v) is 9.77. The molecule has 3 aromatic rings. The number of aromatic nitrogens is 2. The summed E-state index contributed by atoms with van der Waals surface area (Å²) in [6, 6.07) is 6.82. The van der Waals surface area contributed by atoms with Crippen LogP contribution in [-0.2, 0) is 6.54 Å². The number of benzene rings is 1. The highest BCUT2D eigenvalue weighted by Crippen LogP contribution is 2.33. The van der Waals surface area contributed by atoms with Crippen LogP contribution in [0.2, 0.25) is 0 Å². The van der Waals surface area contributed by atoms with Gasteiger partial charge in [0.25, 0.3) is 5.91 Å². The van der Waals surface area contributed by atoms with Crippen molar-refractivity contribution in [2.45, 2.75) is 59.7 Å². The Morgan fingerprint density at radius 1 is 1.14 bits per heavy atom. The van der Waals surface area contributed by atoms with Crippen LogP contribution in [0.25, 0.3) is 11.3 Å². The number of fused-ring (bicyclic) bond motifs is 1. The number of nitrogens with zero attached hydrogens (tertiary/aromatic N) is 3. The van der Waals surface area contributed by atoms with E-state index in [1.54, 1.807) is 43.1 Å². The molecule has 1 amide bonds. The monoisotopic (exact) mass is 480 g/mol. The van der Waals surface area contributed by atoms with Gasteiger partial charge in [0.1, 0.15) is 28.8 Å². The average Bonchev–Trinajstić information content (AvgIpc) is 3.10. The summed E-state index contributed by atoms with van der Waals surface area (Å²) < 4.78 is 36.4. The topological polar surface area (TPSA) is 67.3 Å². The number of aryl methyl sites for hydroxylation is 1. The third-order valence-corrected chi connectivity index (χ3v) is 5.84. The number of rotatable bonds is 6.